The van der Waals surface area contributed by atoms with E-state index in [-0.39, 0.29) is 17.7 Å². The topological polar surface area (TPSA) is 35.2 Å². The molecule has 0 radical (unpaired) electrons. The molecule has 106 valence electrons. The van der Waals surface area contributed by atoms with Crippen LogP contribution in [0.5, 0.6) is 5.75 Å². The fourth-order valence-corrected chi connectivity index (χ4v) is 2.39. The van der Waals surface area contributed by atoms with Crippen LogP contribution >= 0.6 is 27.5 Å². The predicted octanol–water partition coefficient (Wildman–Crippen LogP) is 4.84. The standard InChI is InChI=1S/C15H14BrClFNO/c1-9(19)12-7-11(16)5-6-14(12)20-8-10-3-2-4-13(17)15(10)18/h2-7,9H,8,19H2,1H3/t9-/m1/s1. The van der Waals surface area contributed by atoms with Gasteiger partial charge in [0.2, 0.25) is 0 Å². The van der Waals surface area contributed by atoms with Crippen LogP contribution in [0.15, 0.2) is 40.9 Å². The Hall–Kier alpha value is -1.10. The second-order valence-corrected chi connectivity index (χ2v) is 5.80. The maximum atomic E-state index is 13.8. The summed E-state index contributed by atoms with van der Waals surface area (Å²) in [5.74, 6) is 0.191. The van der Waals surface area contributed by atoms with Crippen molar-refractivity contribution in [3.63, 3.8) is 0 Å². The predicted molar refractivity (Wildman–Crippen MR) is 82.5 cm³/mol. The molecule has 0 saturated carbocycles. The molecule has 0 aliphatic rings. The van der Waals surface area contributed by atoms with Gasteiger partial charge in [-0.15, -0.1) is 0 Å². The van der Waals surface area contributed by atoms with Crippen molar-refractivity contribution in [2.24, 2.45) is 5.73 Å². The van der Waals surface area contributed by atoms with Crippen LogP contribution in [0.4, 0.5) is 4.39 Å². The summed E-state index contributed by atoms with van der Waals surface area (Å²) < 4.78 is 20.4. The van der Waals surface area contributed by atoms with Gasteiger partial charge in [-0.2, -0.15) is 0 Å². The highest BCUT2D eigenvalue weighted by atomic mass is 79.9. The van der Waals surface area contributed by atoms with Gasteiger partial charge in [0.15, 0.2) is 0 Å². The normalized spacial score (nSPS) is 12.2. The molecule has 0 saturated heterocycles. The van der Waals surface area contributed by atoms with Crippen molar-refractivity contribution < 1.29 is 9.13 Å². The Labute approximate surface area is 130 Å². The second kappa shape index (κ2) is 6.57. The first-order chi connectivity index (χ1) is 9.49. The maximum Gasteiger partial charge on any atom is 0.148 e. The molecule has 1 atom stereocenters. The number of benzene rings is 2. The lowest BCUT2D eigenvalue weighted by Crippen LogP contribution is -2.08. The molecule has 2 aromatic rings. The van der Waals surface area contributed by atoms with Gasteiger partial charge in [0.05, 0.1) is 5.02 Å². The molecule has 0 spiro atoms. The highest BCUT2D eigenvalue weighted by Crippen LogP contribution is 2.28. The van der Waals surface area contributed by atoms with Gasteiger partial charge in [-0.25, -0.2) is 4.39 Å². The van der Waals surface area contributed by atoms with E-state index in [0.29, 0.717) is 11.3 Å². The van der Waals surface area contributed by atoms with Crippen molar-refractivity contribution in [2.45, 2.75) is 19.6 Å². The molecule has 0 aromatic heterocycles. The molecule has 20 heavy (non-hydrogen) atoms. The van der Waals surface area contributed by atoms with Gasteiger partial charge < -0.3 is 10.5 Å². The van der Waals surface area contributed by atoms with E-state index in [0.717, 1.165) is 10.0 Å². The molecule has 2 N–H and O–H groups in total. The van der Waals surface area contributed by atoms with Gasteiger partial charge in [0.1, 0.15) is 18.2 Å². The van der Waals surface area contributed by atoms with Gasteiger partial charge in [-0.1, -0.05) is 39.7 Å². The van der Waals surface area contributed by atoms with E-state index in [9.17, 15) is 4.39 Å². The Bertz CT molecular complexity index is 619. The Morgan fingerprint density at radius 1 is 1.35 bits per heavy atom. The van der Waals surface area contributed by atoms with Gasteiger partial charge in [0.25, 0.3) is 0 Å². The van der Waals surface area contributed by atoms with Crippen LogP contribution < -0.4 is 10.5 Å². The third-order valence-electron chi connectivity index (χ3n) is 2.88. The summed E-state index contributed by atoms with van der Waals surface area (Å²) in [5.41, 5.74) is 7.19. The van der Waals surface area contributed by atoms with E-state index < -0.39 is 5.82 Å². The van der Waals surface area contributed by atoms with Crippen LogP contribution in [0.1, 0.15) is 24.1 Å². The molecule has 5 heteroatoms. The van der Waals surface area contributed by atoms with Crippen LogP contribution in [0, 0.1) is 5.82 Å². The minimum Gasteiger partial charge on any atom is -0.488 e. The zero-order valence-electron chi connectivity index (χ0n) is 10.9. The van der Waals surface area contributed by atoms with E-state index in [4.69, 9.17) is 22.1 Å². The summed E-state index contributed by atoms with van der Waals surface area (Å²) in [6, 6.07) is 10.2. The van der Waals surface area contributed by atoms with E-state index in [2.05, 4.69) is 15.9 Å². The lowest BCUT2D eigenvalue weighted by molar-refractivity contribution is 0.295. The van der Waals surface area contributed by atoms with Crippen LogP contribution in [-0.2, 0) is 6.61 Å². The first kappa shape index (κ1) is 15.3. The fraction of sp³-hybridized carbons (Fsp3) is 0.200. The average molecular weight is 359 g/mol. The number of hydrogen-bond acceptors (Lipinski definition) is 2. The molecule has 0 fully saturated rings. The molecule has 0 unspecified atom stereocenters. The number of nitrogens with two attached hydrogens (primary N) is 1. The van der Waals surface area contributed by atoms with E-state index in [1.165, 1.54) is 6.07 Å². The summed E-state index contributed by atoms with van der Waals surface area (Å²) in [7, 11) is 0. The van der Waals surface area contributed by atoms with Crippen molar-refractivity contribution in [1.82, 2.24) is 0 Å². The Kier molecular flexibility index (Phi) is 5.02. The second-order valence-electron chi connectivity index (χ2n) is 4.47. The third kappa shape index (κ3) is 3.51. The number of hydrogen-bond donors (Lipinski definition) is 1. The molecule has 0 bridgehead atoms. The maximum absolute atomic E-state index is 13.8. The van der Waals surface area contributed by atoms with E-state index >= 15 is 0 Å². The van der Waals surface area contributed by atoms with Crippen molar-refractivity contribution in [3.05, 3.63) is 62.8 Å². The molecule has 0 aliphatic heterocycles. The summed E-state index contributed by atoms with van der Waals surface area (Å²) in [6.07, 6.45) is 0. The van der Waals surface area contributed by atoms with Crippen molar-refractivity contribution in [3.8, 4) is 5.75 Å². The monoisotopic (exact) mass is 357 g/mol. The average Bonchev–Trinajstić information content (AvgIpc) is 2.41. The SMILES string of the molecule is C[C@@H](N)c1cc(Br)ccc1OCc1cccc(Cl)c1F. The summed E-state index contributed by atoms with van der Waals surface area (Å²) in [5, 5.41) is 0.0920. The number of halogens is 3. The van der Waals surface area contributed by atoms with Crippen molar-refractivity contribution >= 4 is 27.5 Å². The van der Waals surface area contributed by atoms with Crippen LogP contribution in [0.2, 0.25) is 5.02 Å². The molecule has 0 aliphatic carbocycles. The van der Waals surface area contributed by atoms with E-state index in [1.54, 1.807) is 12.1 Å². The highest BCUT2D eigenvalue weighted by Gasteiger charge is 2.11. The number of rotatable bonds is 4. The van der Waals surface area contributed by atoms with Gasteiger partial charge in [-0.3, -0.25) is 0 Å². The molecular weight excluding hydrogens is 345 g/mol. The van der Waals surface area contributed by atoms with E-state index in [1.807, 2.05) is 25.1 Å². The molecule has 0 heterocycles. The van der Waals surface area contributed by atoms with Crippen LogP contribution in [0.3, 0.4) is 0 Å². The lowest BCUT2D eigenvalue weighted by atomic mass is 10.1. The quantitative estimate of drug-likeness (QED) is 0.848. The zero-order valence-corrected chi connectivity index (χ0v) is 13.2. The molecule has 2 rings (SSSR count). The molecule has 0 amide bonds. The Morgan fingerprint density at radius 3 is 2.80 bits per heavy atom. The van der Waals surface area contributed by atoms with Gasteiger partial charge >= 0.3 is 0 Å². The van der Waals surface area contributed by atoms with Crippen LogP contribution in [0.25, 0.3) is 0 Å². The van der Waals surface area contributed by atoms with Crippen molar-refractivity contribution in [2.75, 3.05) is 0 Å². The van der Waals surface area contributed by atoms with Gasteiger partial charge in [0, 0.05) is 21.6 Å². The smallest absolute Gasteiger partial charge is 0.148 e. The molecule has 2 nitrogen and oxygen atoms in total. The minimum absolute atomic E-state index is 0.0920. The fourth-order valence-electron chi connectivity index (χ4n) is 1.82. The largest absolute Gasteiger partial charge is 0.488 e. The van der Waals surface area contributed by atoms with Gasteiger partial charge in [-0.05, 0) is 31.2 Å². The lowest BCUT2D eigenvalue weighted by Gasteiger charge is -2.15. The Morgan fingerprint density at radius 2 is 2.10 bits per heavy atom. The van der Waals surface area contributed by atoms with Crippen LogP contribution in [-0.4, -0.2) is 0 Å². The first-order valence-electron chi connectivity index (χ1n) is 6.09. The number of ether oxygens (including phenoxy) is 1. The van der Waals surface area contributed by atoms with Crippen molar-refractivity contribution in [1.29, 1.82) is 0 Å². The summed E-state index contributed by atoms with van der Waals surface area (Å²) in [4.78, 5) is 0. The molecular formula is C15H14BrClFNO. The first-order valence-corrected chi connectivity index (χ1v) is 7.27. The molecule has 2 aromatic carbocycles. The highest BCUT2D eigenvalue weighted by molar-refractivity contribution is 9.10. The zero-order chi connectivity index (χ0) is 14.7. The summed E-state index contributed by atoms with van der Waals surface area (Å²) >= 11 is 9.13. The summed E-state index contributed by atoms with van der Waals surface area (Å²) in [6.45, 7) is 1.97. The Balaban J connectivity index is 2.21. The third-order valence-corrected chi connectivity index (χ3v) is 3.66. The minimum atomic E-state index is -0.450.